The Morgan fingerprint density at radius 1 is 1.70 bits per heavy atom. The van der Waals surface area contributed by atoms with E-state index in [4.69, 9.17) is 4.84 Å². The summed E-state index contributed by atoms with van der Waals surface area (Å²) in [5.74, 6) is 0.782. The van der Waals surface area contributed by atoms with Crippen LogP contribution < -0.4 is 5.32 Å². The maximum Gasteiger partial charge on any atom is 0.0575 e. The molecule has 1 N–H and O–H groups in total. The predicted octanol–water partition coefficient (Wildman–Crippen LogP) is 0.0891. The number of hydroxylamine groups is 2. The third-order valence-electron chi connectivity index (χ3n) is 1.99. The fraction of sp³-hybridized carbons (Fsp3) is 1.00. The standard InChI is InChI=1S/C7H16N2O/c1-9(10-2)6-7-3-4-8-5-7/h7-8H,3-6H2,1-2H3. The molecule has 1 unspecified atom stereocenters. The molecule has 1 rings (SSSR count). The molecule has 1 heterocycles. The molecule has 1 saturated heterocycles. The van der Waals surface area contributed by atoms with Gasteiger partial charge in [-0.05, 0) is 25.4 Å². The fourth-order valence-electron chi connectivity index (χ4n) is 1.31. The minimum absolute atomic E-state index is 0.782. The van der Waals surface area contributed by atoms with Crippen LogP contribution in [0, 0.1) is 5.92 Å². The van der Waals surface area contributed by atoms with E-state index in [1.54, 1.807) is 7.11 Å². The van der Waals surface area contributed by atoms with Crippen molar-refractivity contribution in [2.24, 2.45) is 5.92 Å². The van der Waals surface area contributed by atoms with Gasteiger partial charge < -0.3 is 10.2 Å². The Balaban J connectivity index is 2.11. The number of nitrogens with zero attached hydrogens (tertiary/aromatic N) is 1. The molecule has 1 atom stereocenters. The second kappa shape index (κ2) is 3.91. The fourth-order valence-corrected chi connectivity index (χ4v) is 1.31. The van der Waals surface area contributed by atoms with Crippen molar-refractivity contribution < 1.29 is 4.84 Å². The van der Waals surface area contributed by atoms with Crippen molar-refractivity contribution in [2.45, 2.75) is 6.42 Å². The summed E-state index contributed by atoms with van der Waals surface area (Å²) in [6.45, 7) is 3.36. The van der Waals surface area contributed by atoms with E-state index in [2.05, 4.69) is 5.32 Å². The first-order chi connectivity index (χ1) is 4.83. The van der Waals surface area contributed by atoms with Gasteiger partial charge in [-0.2, -0.15) is 5.06 Å². The van der Waals surface area contributed by atoms with Crippen molar-refractivity contribution >= 4 is 0 Å². The first kappa shape index (κ1) is 7.98. The highest BCUT2D eigenvalue weighted by Gasteiger charge is 2.15. The third kappa shape index (κ3) is 2.25. The smallest absolute Gasteiger partial charge is 0.0575 e. The van der Waals surface area contributed by atoms with Crippen LogP contribution >= 0.6 is 0 Å². The number of hydrogen-bond donors (Lipinski definition) is 1. The van der Waals surface area contributed by atoms with Crippen LogP contribution in [0.2, 0.25) is 0 Å². The van der Waals surface area contributed by atoms with Gasteiger partial charge >= 0.3 is 0 Å². The molecular weight excluding hydrogens is 128 g/mol. The second-order valence-corrected chi connectivity index (χ2v) is 2.85. The van der Waals surface area contributed by atoms with E-state index >= 15 is 0 Å². The molecule has 3 heteroatoms. The molecule has 0 spiro atoms. The van der Waals surface area contributed by atoms with Crippen molar-refractivity contribution in [3.8, 4) is 0 Å². The van der Waals surface area contributed by atoms with Crippen LogP contribution in [-0.2, 0) is 4.84 Å². The molecule has 10 heavy (non-hydrogen) atoms. The summed E-state index contributed by atoms with van der Waals surface area (Å²) in [7, 11) is 3.68. The Kier molecular flexibility index (Phi) is 3.12. The Labute approximate surface area is 62.3 Å². The van der Waals surface area contributed by atoms with Gasteiger partial charge in [0, 0.05) is 13.6 Å². The van der Waals surface area contributed by atoms with E-state index in [1.807, 2.05) is 12.1 Å². The lowest BCUT2D eigenvalue weighted by Crippen LogP contribution is -2.25. The molecule has 0 amide bonds. The topological polar surface area (TPSA) is 24.5 Å². The lowest BCUT2D eigenvalue weighted by Gasteiger charge is -2.16. The molecule has 1 fully saturated rings. The second-order valence-electron chi connectivity index (χ2n) is 2.85. The average Bonchev–Trinajstić information content (AvgIpc) is 2.40. The lowest BCUT2D eigenvalue weighted by atomic mass is 10.1. The van der Waals surface area contributed by atoms with Crippen LogP contribution in [0.25, 0.3) is 0 Å². The minimum Gasteiger partial charge on any atom is -0.316 e. The zero-order valence-corrected chi connectivity index (χ0v) is 6.76. The third-order valence-corrected chi connectivity index (χ3v) is 1.99. The summed E-state index contributed by atoms with van der Waals surface area (Å²) >= 11 is 0. The quantitative estimate of drug-likeness (QED) is 0.568. The molecule has 60 valence electrons. The zero-order chi connectivity index (χ0) is 7.40. The van der Waals surface area contributed by atoms with Gasteiger partial charge in [-0.15, -0.1) is 0 Å². The van der Waals surface area contributed by atoms with E-state index in [1.165, 1.54) is 13.0 Å². The summed E-state index contributed by atoms with van der Waals surface area (Å²) in [5.41, 5.74) is 0. The van der Waals surface area contributed by atoms with Crippen LogP contribution in [0.15, 0.2) is 0 Å². The van der Waals surface area contributed by atoms with E-state index in [-0.39, 0.29) is 0 Å². The van der Waals surface area contributed by atoms with Crippen molar-refractivity contribution in [1.82, 2.24) is 10.4 Å². The molecule has 1 aliphatic rings. The summed E-state index contributed by atoms with van der Waals surface area (Å²) in [6, 6.07) is 0. The molecule has 0 saturated carbocycles. The summed E-state index contributed by atoms with van der Waals surface area (Å²) in [4.78, 5) is 5.02. The monoisotopic (exact) mass is 144 g/mol. The lowest BCUT2D eigenvalue weighted by molar-refractivity contribution is -0.116. The van der Waals surface area contributed by atoms with Gasteiger partial charge in [0.15, 0.2) is 0 Å². The molecule has 0 bridgehead atoms. The average molecular weight is 144 g/mol. The SMILES string of the molecule is CON(C)CC1CCNC1. The molecule has 1 aliphatic heterocycles. The largest absolute Gasteiger partial charge is 0.316 e. The van der Waals surface area contributed by atoms with E-state index in [0.717, 1.165) is 19.0 Å². The molecule has 0 aromatic heterocycles. The van der Waals surface area contributed by atoms with Crippen LogP contribution in [0.3, 0.4) is 0 Å². The number of rotatable bonds is 3. The molecule has 0 aromatic rings. The van der Waals surface area contributed by atoms with Gasteiger partial charge in [0.2, 0.25) is 0 Å². The van der Waals surface area contributed by atoms with Crippen molar-refractivity contribution in [3.05, 3.63) is 0 Å². The van der Waals surface area contributed by atoms with Crippen molar-refractivity contribution in [2.75, 3.05) is 33.8 Å². The predicted molar refractivity (Wildman–Crippen MR) is 40.6 cm³/mol. The number of hydrogen-bond acceptors (Lipinski definition) is 3. The summed E-state index contributed by atoms with van der Waals surface area (Å²) in [5, 5.41) is 5.21. The van der Waals surface area contributed by atoms with Gasteiger partial charge in [0.05, 0.1) is 7.11 Å². The Hall–Kier alpha value is -0.120. The highest BCUT2D eigenvalue weighted by molar-refractivity contribution is 4.71. The van der Waals surface area contributed by atoms with Gasteiger partial charge in [-0.3, -0.25) is 0 Å². The highest BCUT2D eigenvalue weighted by Crippen LogP contribution is 2.07. The maximum atomic E-state index is 5.02. The normalized spacial score (nSPS) is 26.1. The van der Waals surface area contributed by atoms with Gasteiger partial charge in [-0.25, -0.2) is 0 Å². The Morgan fingerprint density at radius 2 is 2.50 bits per heavy atom. The molecule has 0 aromatic carbocycles. The summed E-state index contributed by atoms with van der Waals surface area (Å²) < 4.78 is 0. The number of nitrogens with one attached hydrogen (secondary N) is 1. The van der Waals surface area contributed by atoms with Crippen LogP contribution in [-0.4, -0.2) is 38.9 Å². The van der Waals surface area contributed by atoms with Crippen molar-refractivity contribution in [3.63, 3.8) is 0 Å². The van der Waals surface area contributed by atoms with Crippen LogP contribution in [0.1, 0.15) is 6.42 Å². The highest BCUT2D eigenvalue weighted by atomic mass is 16.7. The summed E-state index contributed by atoms with van der Waals surface area (Å²) in [6.07, 6.45) is 1.29. The zero-order valence-electron chi connectivity index (χ0n) is 6.76. The molecular formula is C7H16N2O. The first-order valence-corrected chi connectivity index (χ1v) is 3.79. The van der Waals surface area contributed by atoms with E-state index in [0.29, 0.717) is 0 Å². The minimum atomic E-state index is 0.782. The van der Waals surface area contributed by atoms with E-state index in [9.17, 15) is 0 Å². The van der Waals surface area contributed by atoms with Crippen LogP contribution in [0.4, 0.5) is 0 Å². The molecule has 0 aliphatic carbocycles. The van der Waals surface area contributed by atoms with Crippen molar-refractivity contribution in [1.29, 1.82) is 0 Å². The van der Waals surface area contributed by atoms with Gasteiger partial charge in [0.25, 0.3) is 0 Å². The van der Waals surface area contributed by atoms with Crippen LogP contribution in [0.5, 0.6) is 0 Å². The van der Waals surface area contributed by atoms with E-state index < -0.39 is 0 Å². The molecule has 3 nitrogen and oxygen atoms in total. The van der Waals surface area contributed by atoms with Gasteiger partial charge in [0.1, 0.15) is 0 Å². The first-order valence-electron chi connectivity index (χ1n) is 3.79. The maximum absolute atomic E-state index is 5.02. The van der Waals surface area contributed by atoms with Gasteiger partial charge in [-0.1, -0.05) is 0 Å². The molecule has 0 radical (unpaired) electrons. The Bertz CT molecular complexity index is 91.6. The Morgan fingerprint density at radius 3 is 3.00 bits per heavy atom.